The number of nitrogens with zero attached hydrogens (tertiary/aromatic N) is 2. The minimum atomic E-state index is -0.557. The van der Waals surface area contributed by atoms with E-state index in [1.807, 2.05) is 30.3 Å². The van der Waals surface area contributed by atoms with E-state index < -0.39 is 5.91 Å². The summed E-state index contributed by atoms with van der Waals surface area (Å²) in [4.78, 5) is 23.1. The van der Waals surface area contributed by atoms with Crippen LogP contribution in [0.2, 0.25) is 0 Å². The molecule has 0 saturated heterocycles. The van der Waals surface area contributed by atoms with Crippen molar-refractivity contribution in [2.24, 2.45) is 5.73 Å². The quantitative estimate of drug-likeness (QED) is 0.719. The van der Waals surface area contributed by atoms with Gasteiger partial charge in [-0.05, 0) is 30.3 Å². The SMILES string of the molecule is NC(=O)c1cccc(NC(=O)COc2ccn(-c3ccccc3)n2)c1. The Labute approximate surface area is 144 Å². The Kier molecular flexibility index (Phi) is 4.75. The van der Waals surface area contributed by atoms with Crippen molar-refractivity contribution in [1.29, 1.82) is 0 Å². The molecule has 0 saturated carbocycles. The van der Waals surface area contributed by atoms with E-state index in [1.165, 1.54) is 6.07 Å². The highest BCUT2D eigenvalue weighted by atomic mass is 16.5. The summed E-state index contributed by atoms with van der Waals surface area (Å²) in [5.41, 5.74) is 6.90. The fourth-order valence-corrected chi connectivity index (χ4v) is 2.20. The van der Waals surface area contributed by atoms with Gasteiger partial charge in [-0.1, -0.05) is 24.3 Å². The summed E-state index contributed by atoms with van der Waals surface area (Å²) in [6.45, 7) is -0.202. The third-order valence-corrected chi connectivity index (χ3v) is 3.37. The lowest BCUT2D eigenvalue weighted by atomic mass is 10.2. The summed E-state index contributed by atoms with van der Waals surface area (Å²) in [5, 5.41) is 6.89. The van der Waals surface area contributed by atoms with Crippen molar-refractivity contribution in [3.8, 4) is 11.6 Å². The van der Waals surface area contributed by atoms with Crippen molar-refractivity contribution >= 4 is 17.5 Å². The summed E-state index contributed by atoms with van der Waals surface area (Å²) in [6.07, 6.45) is 1.75. The molecule has 0 fully saturated rings. The van der Waals surface area contributed by atoms with Crippen LogP contribution in [0.25, 0.3) is 5.69 Å². The van der Waals surface area contributed by atoms with Crippen molar-refractivity contribution < 1.29 is 14.3 Å². The molecular formula is C18H16N4O3. The van der Waals surface area contributed by atoms with Gasteiger partial charge in [0.15, 0.2) is 6.61 Å². The molecule has 0 aliphatic rings. The first-order chi connectivity index (χ1) is 12.1. The Morgan fingerprint density at radius 3 is 2.64 bits per heavy atom. The molecule has 7 nitrogen and oxygen atoms in total. The van der Waals surface area contributed by atoms with E-state index >= 15 is 0 Å². The van der Waals surface area contributed by atoms with Crippen LogP contribution < -0.4 is 15.8 Å². The maximum atomic E-state index is 12.0. The van der Waals surface area contributed by atoms with E-state index in [-0.39, 0.29) is 12.5 Å². The second kappa shape index (κ2) is 7.31. The number of ether oxygens (including phenoxy) is 1. The van der Waals surface area contributed by atoms with Gasteiger partial charge in [-0.15, -0.1) is 5.10 Å². The first-order valence-corrected chi connectivity index (χ1v) is 7.55. The molecule has 25 heavy (non-hydrogen) atoms. The zero-order valence-corrected chi connectivity index (χ0v) is 13.3. The molecule has 0 aliphatic heterocycles. The van der Waals surface area contributed by atoms with Crippen LogP contribution in [0.1, 0.15) is 10.4 Å². The highest BCUT2D eigenvalue weighted by Gasteiger charge is 2.08. The maximum Gasteiger partial charge on any atom is 0.262 e. The molecule has 0 bridgehead atoms. The largest absolute Gasteiger partial charge is 0.466 e. The summed E-state index contributed by atoms with van der Waals surface area (Å²) < 4.78 is 7.04. The third-order valence-electron chi connectivity index (χ3n) is 3.37. The first-order valence-electron chi connectivity index (χ1n) is 7.55. The van der Waals surface area contributed by atoms with Gasteiger partial charge in [-0.3, -0.25) is 9.59 Å². The molecule has 3 N–H and O–H groups in total. The van der Waals surface area contributed by atoms with Crippen LogP contribution in [0.5, 0.6) is 5.88 Å². The smallest absolute Gasteiger partial charge is 0.262 e. The van der Waals surface area contributed by atoms with Gasteiger partial charge in [0.25, 0.3) is 5.91 Å². The number of carbonyl (C=O) groups is 2. The summed E-state index contributed by atoms with van der Waals surface area (Å²) in [7, 11) is 0. The Hall–Kier alpha value is -3.61. The molecule has 0 radical (unpaired) electrons. The summed E-state index contributed by atoms with van der Waals surface area (Å²) in [5.74, 6) is -0.584. The molecule has 0 atom stereocenters. The molecule has 0 spiro atoms. The number of amides is 2. The van der Waals surface area contributed by atoms with Crippen molar-refractivity contribution in [1.82, 2.24) is 9.78 Å². The number of primary amides is 1. The van der Waals surface area contributed by atoms with Crippen LogP contribution in [-0.4, -0.2) is 28.2 Å². The number of hydrogen-bond acceptors (Lipinski definition) is 4. The molecule has 1 heterocycles. The van der Waals surface area contributed by atoms with Crippen LogP contribution in [0.3, 0.4) is 0 Å². The molecule has 1 aromatic heterocycles. The number of rotatable bonds is 6. The Morgan fingerprint density at radius 1 is 1.08 bits per heavy atom. The minimum Gasteiger partial charge on any atom is -0.466 e. The molecule has 2 amide bonds. The van der Waals surface area contributed by atoms with E-state index in [4.69, 9.17) is 10.5 Å². The van der Waals surface area contributed by atoms with Gasteiger partial charge < -0.3 is 15.8 Å². The normalized spacial score (nSPS) is 10.2. The molecular weight excluding hydrogens is 320 g/mol. The maximum absolute atomic E-state index is 12.0. The molecule has 2 aromatic carbocycles. The van der Waals surface area contributed by atoms with Crippen LogP contribution in [-0.2, 0) is 4.79 Å². The lowest BCUT2D eigenvalue weighted by Crippen LogP contribution is -2.20. The number of hydrogen-bond donors (Lipinski definition) is 2. The number of nitrogens with two attached hydrogens (primary N) is 1. The average Bonchev–Trinajstić information content (AvgIpc) is 3.10. The van der Waals surface area contributed by atoms with Crippen molar-refractivity contribution in [3.05, 3.63) is 72.4 Å². The van der Waals surface area contributed by atoms with Gasteiger partial charge in [0.1, 0.15) is 0 Å². The van der Waals surface area contributed by atoms with E-state index in [0.717, 1.165) is 5.69 Å². The Balaban J connectivity index is 1.57. The van der Waals surface area contributed by atoms with Gasteiger partial charge in [0, 0.05) is 23.5 Å². The van der Waals surface area contributed by atoms with Crippen LogP contribution in [0.4, 0.5) is 5.69 Å². The molecule has 126 valence electrons. The molecule has 7 heteroatoms. The van der Waals surface area contributed by atoms with Crippen molar-refractivity contribution in [2.75, 3.05) is 11.9 Å². The molecule has 3 rings (SSSR count). The average molecular weight is 336 g/mol. The summed E-state index contributed by atoms with van der Waals surface area (Å²) >= 11 is 0. The highest BCUT2D eigenvalue weighted by molar-refractivity contribution is 5.96. The van der Waals surface area contributed by atoms with E-state index in [1.54, 1.807) is 35.1 Å². The van der Waals surface area contributed by atoms with E-state index in [2.05, 4.69) is 10.4 Å². The number of carbonyl (C=O) groups excluding carboxylic acids is 2. The predicted octanol–water partition coefficient (Wildman–Crippen LogP) is 1.99. The topological polar surface area (TPSA) is 99.2 Å². The molecule has 0 unspecified atom stereocenters. The standard InChI is InChI=1S/C18H16N4O3/c19-18(24)13-5-4-6-14(11-13)20-16(23)12-25-17-9-10-22(21-17)15-7-2-1-3-8-15/h1-11H,12H2,(H2,19,24)(H,20,23). The zero-order chi connectivity index (χ0) is 17.6. The molecule has 0 aliphatic carbocycles. The van der Waals surface area contributed by atoms with Gasteiger partial charge in [0.05, 0.1) is 5.69 Å². The predicted molar refractivity (Wildman–Crippen MR) is 92.6 cm³/mol. The Bertz CT molecular complexity index is 890. The first kappa shape index (κ1) is 16.3. The second-order valence-electron chi connectivity index (χ2n) is 5.22. The highest BCUT2D eigenvalue weighted by Crippen LogP contribution is 2.13. The lowest BCUT2D eigenvalue weighted by molar-refractivity contribution is -0.118. The van der Waals surface area contributed by atoms with Gasteiger partial charge in [0.2, 0.25) is 11.8 Å². The van der Waals surface area contributed by atoms with E-state index in [0.29, 0.717) is 17.1 Å². The van der Waals surface area contributed by atoms with Gasteiger partial charge in [-0.2, -0.15) is 0 Å². The number of nitrogens with one attached hydrogen (secondary N) is 1. The number of benzene rings is 2. The fraction of sp³-hybridized carbons (Fsp3) is 0.0556. The van der Waals surface area contributed by atoms with Crippen LogP contribution in [0.15, 0.2) is 66.9 Å². The number of para-hydroxylation sites is 1. The van der Waals surface area contributed by atoms with Crippen molar-refractivity contribution in [2.45, 2.75) is 0 Å². The number of anilines is 1. The van der Waals surface area contributed by atoms with E-state index in [9.17, 15) is 9.59 Å². The Morgan fingerprint density at radius 2 is 1.88 bits per heavy atom. The van der Waals surface area contributed by atoms with Gasteiger partial charge >= 0.3 is 0 Å². The minimum absolute atomic E-state index is 0.202. The third kappa shape index (κ3) is 4.23. The van der Waals surface area contributed by atoms with Crippen LogP contribution >= 0.6 is 0 Å². The molecule has 3 aromatic rings. The zero-order valence-electron chi connectivity index (χ0n) is 13.3. The fourth-order valence-electron chi connectivity index (χ4n) is 2.20. The second-order valence-corrected chi connectivity index (χ2v) is 5.22. The number of aromatic nitrogens is 2. The summed E-state index contributed by atoms with van der Waals surface area (Å²) in [6, 6.07) is 17.6. The van der Waals surface area contributed by atoms with Gasteiger partial charge in [-0.25, -0.2) is 4.68 Å². The monoisotopic (exact) mass is 336 g/mol. The van der Waals surface area contributed by atoms with Crippen molar-refractivity contribution in [3.63, 3.8) is 0 Å². The lowest BCUT2D eigenvalue weighted by Gasteiger charge is -2.06. The van der Waals surface area contributed by atoms with Crippen LogP contribution in [0, 0.1) is 0 Å².